The monoisotopic (exact) mass is 795 g/mol. The van der Waals surface area contributed by atoms with Gasteiger partial charge in [-0.05, 0) is 104 Å². The van der Waals surface area contributed by atoms with Gasteiger partial charge in [-0.2, -0.15) is 0 Å². The Bertz CT molecular complexity index is 2350. The third-order valence-corrected chi connectivity index (χ3v) is 16.6. The number of aromatic nitrogens is 1. The highest BCUT2D eigenvalue weighted by Gasteiger charge is 2.39. The fourth-order valence-corrected chi connectivity index (χ4v) is 9.07. The van der Waals surface area contributed by atoms with Crippen LogP contribution < -0.4 is 18.8 Å². The largest absolute Gasteiger partial charge is 0.544 e. The Morgan fingerprint density at radius 1 is 0.879 bits per heavy atom. The second-order valence-electron chi connectivity index (χ2n) is 17.1. The van der Waals surface area contributed by atoms with Gasteiger partial charge in [0.25, 0.3) is 11.8 Å². The van der Waals surface area contributed by atoms with Gasteiger partial charge in [-0.25, -0.2) is 0 Å². The molecule has 0 fully saturated rings. The average molecular weight is 796 g/mol. The fourth-order valence-electron chi connectivity index (χ4n) is 8.04. The van der Waals surface area contributed by atoms with Crippen molar-refractivity contribution in [2.45, 2.75) is 90.3 Å². The first kappa shape index (κ1) is 39.3. The van der Waals surface area contributed by atoms with E-state index in [1.54, 1.807) is 11.0 Å². The lowest BCUT2D eigenvalue weighted by Gasteiger charge is -2.36. The molecule has 300 valence electrons. The molecule has 4 heterocycles. The van der Waals surface area contributed by atoms with Crippen LogP contribution in [0.3, 0.4) is 0 Å². The van der Waals surface area contributed by atoms with Crippen LogP contribution >= 0.6 is 0 Å². The fraction of sp³-hybridized carbons (Fsp3) is 0.333. The molecule has 1 aromatic heterocycles. The topological polar surface area (TPSA) is 82.5 Å². The van der Waals surface area contributed by atoms with Crippen molar-refractivity contribution < 1.29 is 28.2 Å². The lowest BCUT2D eigenvalue weighted by atomic mass is 9.93. The van der Waals surface area contributed by atoms with Gasteiger partial charge in [-0.1, -0.05) is 69.3 Å². The molecule has 1 unspecified atom stereocenters. The van der Waals surface area contributed by atoms with E-state index in [1.165, 1.54) is 5.56 Å². The van der Waals surface area contributed by atoms with E-state index in [9.17, 15) is 4.79 Å². The van der Waals surface area contributed by atoms with Gasteiger partial charge in [-0.15, -0.1) is 6.58 Å². The minimum Gasteiger partial charge on any atom is -0.544 e. The van der Waals surface area contributed by atoms with Gasteiger partial charge in [0, 0.05) is 53.9 Å². The molecule has 0 saturated carbocycles. The molecular weight excluding hydrogens is 743 g/mol. The predicted molar refractivity (Wildman–Crippen MR) is 231 cm³/mol. The highest BCUT2D eigenvalue weighted by atomic mass is 28.4. The summed E-state index contributed by atoms with van der Waals surface area (Å²) in [6, 6.07) is 31.6. The van der Waals surface area contributed by atoms with E-state index in [4.69, 9.17) is 18.6 Å². The van der Waals surface area contributed by atoms with Crippen molar-refractivity contribution in [3.63, 3.8) is 0 Å². The van der Waals surface area contributed by atoms with E-state index < -0.39 is 8.32 Å². The smallest absolute Gasteiger partial charge is 0.264 e. The van der Waals surface area contributed by atoms with Crippen molar-refractivity contribution in [1.82, 2.24) is 9.47 Å². The first-order chi connectivity index (χ1) is 27.8. The van der Waals surface area contributed by atoms with Crippen LogP contribution in [-0.2, 0) is 30.7 Å². The van der Waals surface area contributed by atoms with Crippen LogP contribution in [0.4, 0.5) is 11.4 Å². The molecule has 0 N–H and O–H groups in total. The first-order valence-electron chi connectivity index (χ1n) is 20.3. The van der Waals surface area contributed by atoms with Gasteiger partial charge in [0.1, 0.15) is 5.75 Å². The van der Waals surface area contributed by atoms with E-state index in [-0.39, 0.29) is 35.8 Å². The van der Waals surface area contributed by atoms with Crippen LogP contribution in [0.1, 0.15) is 71.7 Å². The summed E-state index contributed by atoms with van der Waals surface area (Å²) in [6.45, 7) is 18.7. The van der Waals surface area contributed by atoms with Crippen LogP contribution in [0.25, 0.3) is 11.3 Å². The van der Waals surface area contributed by atoms with Crippen molar-refractivity contribution in [2.24, 2.45) is 0 Å². The average Bonchev–Trinajstić information content (AvgIpc) is 3.84. The summed E-state index contributed by atoms with van der Waals surface area (Å²) in [5.41, 5.74) is 7.26. The summed E-state index contributed by atoms with van der Waals surface area (Å²) < 4.78 is 26.8. The molecule has 8 rings (SSSR count). The number of nitrogens with zero attached hydrogens (tertiary/aromatic N) is 3. The Morgan fingerprint density at radius 3 is 2.26 bits per heavy atom. The second kappa shape index (κ2) is 15.6. The third kappa shape index (κ3) is 7.47. The maximum atomic E-state index is 15.4. The van der Waals surface area contributed by atoms with E-state index in [2.05, 4.69) is 70.1 Å². The standard InChI is InChI=1S/C48H53N3O6Si/c1-8-24-54-38-22-23-49-42(26-38)41(47(53)51(35-16-10-9-11-17-35)36-18-20-37(21-19-36)57-58(6,7)48(3,4)5)27-43(49)39-28-44-45(56-31-55-44)29-40(39)46(52)50-30-34-15-13-12-14-33(34)25-32(50)2/h8-21,27-29,32,38H,1,22-26,30-31H2,2-7H3/t32-,38?/m1/s1. The van der Waals surface area contributed by atoms with Crippen molar-refractivity contribution >= 4 is 31.5 Å². The van der Waals surface area contributed by atoms with Gasteiger partial charge in [0.15, 0.2) is 11.5 Å². The van der Waals surface area contributed by atoms with Crippen LogP contribution in [0.5, 0.6) is 17.2 Å². The zero-order valence-electron chi connectivity index (χ0n) is 34.4. The molecule has 3 aliphatic rings. The number of para-hydroxylation sites is 1. The van der Waals surface area contributed by atoms with E-state index in [0.717, 1.165) is 41.2 Å². The molecule has 9 nitrogen and oxygen atoms in total. The summed E-state index contributed by atoms with van der Waals surface area (Å²) in [5, 5.41) is 0.0388. The number of carbonyl (C=O) groups excluding carboxylic acids is 2. The molecule has 0 radical (unpaired) electrons. The number of hydrogen-bond acceptors (Lipinski definition) is 6. The zero-order valence-corrected chi connectivity index (χ0v) is 35.4. The van der Waals surface area contributed by atoms with Gasteiger partial charge < -0.3 is 28.1 Å². The van der Waals surface area contributed by atoms with Gasteiger partial charge in [0.05, 0.1) is 23.8 Å². The first-order valence-corrected chi connectivity index (χ1v) is 23.2. The third-order valence-electron chi connectivity index (χ3n) is 12.3. The Labute approximate surface area is 342 Å². The minimum absolute atomic E-state index is 0.0140. The molecule has 0 spiro atoms. The Kier molecular flexibility index (Phi) is 10.6. The molecule has 5 aromatic rings. The van der Waals surface area contributed by atoms with Gasteiger partial charge in [-0.3, -0.25) is 14.5 Å². The molecule has 2 amide bonds. The zero-order chi connectivity index (χ0) is 40.8. The number of hydrogen-bond donors (Lipinski definition) is 0. The summed E-state index contributed by atoms with van der Waals surface area (Å²) in [5.74, 6) is 1.62. The molecular formula is C48H53N3O6Si. The number of fused-ring (bicyclic) bond motifs is 3. The van der Waals surface area contributed by atoms with Crippen molar-refractivity contribution in [2.75, 3.05) is 18.3 Å². The highest BCUT2D eigenvalue weighted by Crippen LogP contribution is 2.43. The maximum absolute atomic E-state index is 15.4. The second-order valence-corrected chi connectivity index (χ2v) is 21.8. The molecule has 0 bridgehead atoms. The molecule has 58 heavy (non-hydrogen) atoms. The molecule has 2 atom stereocenters. The van der Waals surface area contributed by atoms with Crippen molar-refractivity contribution in [1.29, 1.82) is 0 Å². The molecule has 3 aliphatic heterocycles. The van der Waals surface area contributed by atoms with Gasteiger partial charge in [0.2, 0.25) is 15.1 Å². The van der Waals surface area contributed by atoms with Crippen LogP contribution in [0.15, 0.2) is 110 Å². The number of carbonyl (C=O) groups is 2. The summed E-state index contributed by atoms with van der Waals surface area (Å²) in [6.07, 6.45) is 3.67. The van der Waals surface area contributed by atoms with E-state index in [0.29, 0.717) is 60.0 Å². The Balaban J connectivity index is 1.23. The quantitative estimate of drug-likeness (QED) is 0.103. The number of amides is 2. The molecule has 10 heteroatoms. The SMILES string of the molecule is C=CCOC1CCn2c(-c3cc4c(cc3C(=O)N3Cc5ccccc5C[C@H]3C)OCO4)cc(C(=O)N(c3ccccc3)c3ccc(O[Si](C)(C)C(C)(C)C)cc3)c2C1. The summed E-state index contributed by atoms with van der Waals surface area (Å²) in [7, 11) is -2.09. The van der Waals surface area contributed by atoms with E-state index in [1.807, 2.05) is 83.8 Å². The number of anilines is 2. The number of rotatable bonds is 10. The molecule has 0 aliphatic carbocycles. The number of ether oxygens (including phenoxy) is 3. The van der Waals surface area contributed by atoms with E-state index >= 15 is 4.79 Å². The summed E-state index contributed by atoms with van der Waals surface area (Å²) >= 11 is 0. The molecule has 4 aromatic carbocycles. The van der Waals surface area contributed by atoms with Crippen molar-refractivity contribution in [3.05, 3.63) is 138 Å². The maximum Gasteiger partial charge on any atom is 0.264 e. The highest BCUT2D eigenvalue weighted by molar-refractivity contribution is 6.74. The van der Waals surface area contributed by atoms with Crippen LogP contribution in [-0.4, -0.2) is 55.1 Å². The minimum atomic E-state index is -2.09. The lowest BCUT2D eigenvalue weighted by molar-refractivity contribution is 0.0554. The van der Waals surface area contributed by atoms with Crippen molar-refractivity contribution in [3.8, 4) is 28.5 Å². The normalized spacial score (nSPS) is 17.3. The van der Waals surface area contributed by atoms with Gasteiger partial charge >= 0.3 is 0 Å². The van der Waals surface area contributed by atoms with Crippen LogP contribution in [0.2, 0.25) is 18.1 Å². The predicted octanol–water partition coefficient (Wildman–Crippen LogP) is 10.4. The number of benzene rings is 4. The van der Waals surface area contributed by atoms with Crippen LogP contribution in [0, 0.1) is 0 Å². The Hall–Kier alpha value is -5.58. The lowest BCUT2D eigenvalue weighted by Crippen LogP contribution is -2.43. The Morgan fingerprint density at radius 2 is 1.55 bits per heavy atom. The molecule has 0 saturated heterocycles. The summed E-state index contributed by atoms with van der Waals surface area (Å²) in [4.78, 5) is 33.9.